The number of benzene rings is 2. The number of hydrogen-bond acceptors (Lipinski definition) is 12. The normalized spacial score (nSPS) is 19.8. The highest BCUT2D eigenvalue weighted by Gasteiger charge is 2.45. The van der Waals surface area contributed by atoms with Crippen LogP contribution in [0.4, 0.5) is 24.8 Å². The summed E-state index contributed by atoms with van der Waals surface area (Å²) < 4.78 is 78.1. The Bertz CT molecular complexity index is 2520. The lowest BCUT2D eigenvalue weighted by Gasteiger charge is -2.28. The molecule has 1 unspecified atom stereocenters. The topological polar surface area (TPSA) is 215 Å². The molecular weight excluding hydrogens is 810 g/mol. The summed E-state index contributed by atoms with van der Waals surface area (Å²) in [4.78, 5) is 59.1. The number of aromatic nitrogens is 4. The first-order valence-corrected chi connectivity index (χ1v) is 20.4. The number of sulfonamides is 1. The van der Waals surface area contributed by atoms with Crippen molar-refractivity contribution < 1.29 is 50.6 Å². The highest BCUT2D eigenvalue weighted by atomic mass is 32.2. The first-order chi connectivity index (χ1) is 28.4. The fourth-order valence-electron chi connectivity index (χ4n) is 7.23. The van der Waals surface area contributed by atoms with Gasteiger partial charge in [-0.3, -0.25) is 34.1 Å². The number of anilines is 2. The third-order valence-electron chi connectivity index (χ3n) is 10.0. The van der Waals surface area contributed by atoms with Crippen molar-refractivity contribution in [2.24, 2.45) is 0 Å². The maximum atomic E-state index is 13.9. The Balaban J connectivity index is 0.914. The van der Waals surface area contributed by atoms with Gasteiger partial charge in [0.05, 0.1) is 46.2 Å². The lowest BCUT2D eigenvalue weighted by molar-refractivity contribution is -0.138. The van der Waals surface area contributed by atoms with Crippen LogP contribution in [-0.2, 0) is 37.1 Å². The van der Waals surface area contributed by atoms with Crippen molar-refractivity contribution >= 4 is 45.3 Å². The maximum absolute atomic E-state index is 13.9. The van der Waals surface area contributed by atoms with Crippen molar-refractivity contribution in [2.75, 3.05) is 11.9 Å². The molecule has 1 aliphatic carbocycles. The number of ether oxygens (including phenoxy) is 1. The van der Waals surface area contributed by atoms with Crippen LogP contribution < -0.4 is 15.4 Å². The Morgan fingerprint density at radius 1 is 0.983 bits per heavy atom. The quantitative estimate of drug-likeness (QED) is 0.125. The molecule has 20 heteroatoms. The van der Waals surface area contributed by atoms with E-state index in [1.165, 1.54) is 61.3 Å². The van der Waals surface area contributed by atoms with Crippen LogP contribution >= 0.6 is 0 Å². The van der Waals surface area contributed by atoms with E-state index >= 15 is 0 Å². The Morgan fingerprint density at radius 2 is 1.72 bits per heavy atom. The van der Waals surface area contributed by atoms with E-state index in [9.17, 15) is 45.9 Å². The first-order valence-electron chi connectivity index (χ1n) is 18.9. The van der Waals surface area contributed by atoms with E-state index in [2.05, 4.69) is 42.3 Å². The molecule has 7 rings (SSSR count). The number of imide groups is 2. The molecule has 60 heavy (non-hydrogen) atoms. The number of nitrogens with zero attached hydrogens (tertiary/aromatic N) is 5. The summed E-state index contributed by atoms with van der Waals surface area (Å²) >= 11 is 0. The number of halogens is 3. The Kier molecular flexibility index (Phi) is 11.6. The SMILES string of the molecule is CC(C)(O)Cn1cc(-c2nc(Nc3ccc(S(=O)(=O)NC4CCC(OCC#Cc5cccc6c5C(=O)N(C5CCC(=O)NC5=O)C6=O)CC4)cc3)ncc2C(F)(F)F)cn1. The molecule has 3 aliphatic rings. The van der Waals surface area contributed by atoms with Gasteiger partial charge < -0.3 is 15.2 Å². The van der Waals surface area contributed by atoms with E-state index in [1.807, 2.05) is 0 Å². The predicted octanol–water partition coefficient (Wildman–Crippen LogP) is 3.93. The monoisotopic (exact) mass is 848 g/mol. The fourth-order valence-corrected chi connectivity index (χ4v) is 8.53. The molecule has 0 radical (unpaired) electrons. The third kappa shape index (κ3) is 9.39. The Hall–Kier alpha value is -6.01. The van der Waals surface area contributed by atoms with Gasteiger partial charge in [0.1, 0.15) is 18.2 Å². The van der Waals surface area contributed by atoms with E-state index in [-0.39, 0.29) is 65.7 Å². The van der Waals surface area contributed by atoms with Gasteiger partial charge >= 0.3 is 6.18 Å². The van der Waals surface area contributed by atoms with Gasteiger partial charge in [-0.1, -0.05) is 17.9 Å². The second kappa shape index (κ2) is 16.6. The summed E-state index contributed by atoms with van der Waals surface area (Å²) in [6.45, 7) is 3.12. The van der Waals surface area contributed by atoms with E-state index in [0.29, 0.717) is 43.1 Å². The molecular formula is C40H39F3N8O8S. The number of rotatable bonds is 11. The molecule has 1 saturated carbocycles. The van der Waals surface area contributed by atoms with Gasteiger partial charge in [0.2, 0.25) is 27.8 Å². The van der Waals surface area contributed by atoms with Crippen LogP contribution in [-0.4, -0.2) is 92.2 Å². The summed E-state index contributed by atoms with van der Waals surface area (Å²) in [5.41, 5.74) is -1.76. The molecule has 16 nitrogen and oxygen atoms in total. The van der Waals surface area contributed by atoms with Crippen molar-refractivity contribution in [3.05, 3.63) is 83.3 Å². The first kappa shape index (κ1) is 42.1. The molecule has 2 aromatic carbocycles. The van der Waals surface area contributed by atoms with Gasteiger partial charge in [-0.25, -0.2) is 23.1 Å². The van der Waals surface area contributed by atoms with Crippen LogP contribution in [0.2, 0.25) is 0 Å². The summed E-state index contributed by atoms with van der Waals surface area (Å²) in [5, 5.41) is 19.1. The average molecular weight is 849 g/mol. The molecule has 1 saturated heterocycles. The zero-order valence-corrected chi connectivity index (χ0v) is 33.1. The van der Waals surface area contributed by atoms with Crippen molar-refractivity contribution in [3.8, 4) is 23.1 Å². The number of piperidine rings is 1. The summed E-state index contributed by atoms with van der Waals surface area (Å²) in [7, 11) is -3.94. The molecule has 2 aliphatic heterocycles. The predicted molar refractivity (Wildman–Crippen MR) is 207 cm³/mol. The highest BCUT2D eigenvalue weighted by Crippen LogP contribution is 2.36. The van der Waals surface area contributed by atoms with Gasteiger partial charge in [0.25, 0.3) is 11.8 Å². The number of fused-ring (bicyclic) bond motifs is 1. The minimum atomic E-state index is -4.76. The zero-order chi connectivity index (χ0) is 43.0. The molecule has 4 aromatic rings. The molecule has 1 atom stereocenters. The minimum absolute atomic E-state index is 0.00794. The minimum Gasteiger partial charge on any atom is -0.389 e. The van der Waals surface area contributed by atoms with Gasteiger partial charge in [-0.15, -0.1) is 0 Å². The molecule has 0 spiro atoms. The van der Waals surface area contributed by atoms with Crippen LogP contribution in [0.15, 0.2) is 66.0 Å². The van der Waals surface area contributed by atoms with Crippen LogP contribution in [0.1, 0.15) is 84.2 Å². The molecule has 4 amide bonds. The van der Waals surface area contributed by atoms with E-state index in [0.717, 1.165) is 4.90 Å². The number of aliphatic hydroxyl groups is 1. The van der Waals surface area contributed by atoms with E-state index in [4.69, 9.17) is 4.74 Å². The van der Waals surface area contributed by atoms with Gasteiger partial charge in [-0.05, 0) is 82.3 Å². The summed E-state index contributed by atoms with van der Waals surface area (Å²) in [6.07, 6.45) is 0.352. The molecule has 2 aromatic heterocycles. The maximum Gasteiger partial charge on any atom is 0.419 e. The number of nitrogens with one attached hydrogen (secondary N) is 3. The highest BCUT2D eigenvalue weighted by molar-refractivity contribution is 7.89. The lowest BCUT2D eigenvalue weighted by Crippen LogP contribution is -2.54. The van der Waals surface area contributed by atoms with Crippen molar-refractivity contribution in [2.45, 2.75) is 93.8 Å². The van der Waals surface area contributed by atoms with Gasteiger partial charge in [0.15, 0.2) is 0 Å². The van der Waals surface area contributed by atoms with E-state index < -0.39 is 62.7 Å². The second-order valence-corrected chi connectivity index (χ2v) is 16.9. The smallest absolute Gasteiger partial charge is 0.389 e. The molecule has 4 N–H and O–H groups in total. The molecule has 4 heterocycles. The standard InChI is InChI=1S/C40H39F3N8O8S/c1-39(2,56)22-50-21-24(19-45-50)34-30(40(41,42)43)20-44-38(48-34)46-25-10-14-28(15-11-25)60(57,58)49-26-8-12-27(13-9-26)59-18-4-6-23-5-3-7-29-33(23)37(55)51(36(29)54)31-16-17-32(52)47-35(31)53/h3,5,7,10-11,14-15,19-21,26-27,31,49,56H,8-9,12-13,16-18,22H2,1-2H3,(H,44,46,48)(H,47,52,53). The number of amides is 4. The van der Waals surface area contributed by atoms with Crippen LogP contribution in [0, 0.1) is 11.8 Å². The lowest BCUT2D eigenvalue weighted by atomic mass is 9.94. The van der Waals surface area contributed by atoms with Gasteiger partial charge in [0, 0.05) is 41.7 Å². The van der Waals surface area contributed by atoms with Crippen molar-refractivity contribution in [1.29, 1.82) is 0 Å². The van der Waals surface area contributed by atoms with Crippen LogP contribution in [0.3, 0.4) is 0 Å². The fraction of sp³-hybridized carbons (Fsp3) is 0.375. The Labute approximate surface area is 342 Å². The second-order valence-electron chi connectivity index (χ2n) is 15.2. The van der Waals surface area contributed by atoms with E-state index in [1.54, 1.807) is 12.1 Å². The van der Waals surface area contributed by atoms with Crippen molar-refractivity contribution in [3.63, 3.8) is 0 Å². The molecule has 314 valence electrons. The zero-order valence-electron chi connectivity index (χ0n) is 32.2. The largest absolute Gasteiger partial charge is 0.419 e. The summed E-state index contributed by atoms with van der Waals surface area (Å²) in [5.74, 6) is 3.16. The Morgan fingerprint density at radius 3 is 2.40 bits per heavy atom. The van der Waals surface area contributed by atoms with Crippen LogP contribution in [0.5, 0.6) is 0 Å². The number of hydrogen-bond donors (Lipinski definition) is 4. The number of carbonyl (C=O) groups is 4. The third-order valence-corrected chi connectivity index (χ3v) is 11.6. The van der Waals surface area contributed by atoms with Crippen LogP contribution in [0.25, 0.3) is 11.3 Å². The molecule has 0 bridgehead atoms. The van der Waals surface area contributed by atoms with Crippen molar-refractivity contribution in [1.82, 2.24) is 34.7 Å². The molecule has 2 fully saturated rings. The van der Waals surface area contributed by atoms with Gasteiger partial charge in [-0.2, -0.15) is 18.3 Å². The average Bonchev–Trinajstić information content (AvgIpc) is 3.74. The summed E-state index contributed by atoms with van der Waals surface area (Å²) in [6, 6.07) is 8.79. The number of carbonyl (C=O) groups excluding carboxylic acids is 4. The number of alkyl halides is 3.